The number of carbonyl (C=O) groups excluding carboxylic acids is 1. The van der Waals surface area contributed by atoms with Crippen LogP contribution in [0.5, 0.6) is 0 Å². The van der Waals surface area contributed by atoms with Gasteiger partial charge in [0.2, 0.25) is 0 Å². The van der Waals surface area contributed by atoms with Gasteiger partial charge < -0.3 is 15.4 Å². The number of aryl methyl sites for hydroxylation is 1. The number of benzene rings is 1. The third-order valence-corrected chi connectivity index (χ3v) is 4.82. The minimum Gasteiger partial charge on any atom is -0.444 e. The van der Waals surface area contributed by atoms with E-state index in [0.29, 0.717) is 17.9 Å². The minimum atomic E-state index is -0.464. The minimum absolute atomic E-state index is 0.0771. The van der Waals surface area contributed by atoms with E-state index in [1.54, 1.807) is 0 Å². The van der Waals surface area contributed by atoms with Crippen LogP contribution in [-0.2, 0) is 4.74 Å². The number of ether oxygens (including phenoxy) is 1. The molecule has 1 unspecified atom stereocenters. The highest BCUT2D eigenvalue weighted by Crippen LogP contribution is 2.36. The second-order valence-electron chi connectivity index (χ2n) is 8.68. The van der Waals surface area contributed by atoms with Crippen LogP contribution < -0.4 is 10.6 Å². The van der Waals surface area contributed by atoms with Gasteiger partial charge in [-0.2, -0.15) is 0 Å². The molecule has 1 aliphatic rings. The Morgan fingerprint density at radius 1 is 1.20 bits per heavy atom. The molecular weight excluding hydrogens is 312 g/mol. The zero-order valence-corrected chi connectivity index (χ0v) is 16.6. The SMILES string of the molecule is Cc1ccc(C2CC(NCC(NC(=O)OC(C)(C)C)C(C)C)C2)cc1. The summed E-state index contributed by atoms with van der Waals surface area (Å²) in [6.07, 6.45) is 2.00. The van der Waals surface area contributed by atoms with Crippen LogP contribution >= 0.6 is 0 Å². The van der Waals surface area contributed by atoms with Gasteiger partial charge >= 0.3 is 6.09 Å². The molecular formula is C21H34N2O2. The van der Waals surface area contributed by atoms with Crippen LogP contribution in [0, 0.1) is 12.8 Å². The standard InChI is InChI=1S/C21H34N2O2/c1-14(2)19(23-20(24)25-21(4,5)6)13-22-18-11-17(12-18)16-9-7-15(3)8-10-16/h7-10,14,17-19,22H,11-13H2,1-6H3,(H,23,24). The number of amides is 1. The van der Waals surface area contributed by atoms with Crippen LogP contribution in [0.25, 0.3) is 0 Å². The molecule has 1 saturated carbocycles. The molecule has 4 heteroatoms. The maximum atomic E-state index is 12.0. The molecule has 140 valence electrons. The molecule has 0 bridgehead atoms. The Bertz CT molecular complexity index is 554. The normalized spacial score (nSPS) is 21.6. The van der Waals surface area contributed by atoms with Gasteiger partial charge in [-0.3, -0.25) is 0 Å². The lowest BCUT2D eigenvalue weighted by atomic mass is 9.75. The van der Waals surface area contributed by atoms with Gasteiger partial charge in [-0.05, 0) is 57.9 Å². The number of rotatable bonds is 6. The first-order chi connectivity index (χ1) is 11.6. The fourth-order valence-corrected chi connectivity index (χ4v) is 3.10. The fraction of sp³-hybridized carbons (Fsp3) is 0.667. The van der Waals surface area contributed by atoms with Crippen molar-refractivity contribution in [2.24, 2.45) is 5.92 Å². The van der Waals surface area contributed by atoms with Crippen molar-refractivity contribution in [3.63, 3.8) is 0 Å². The summed E-state index contributed by atoms with van der Waals surface area (Å²) in [6.45, 7) is 12.8. The van der Waals surface area contributed by atoms with Crippen LogP contribution in [0.3, 0.4) is 0 Å². The Labute approximate surface area is 152 Å². The average Bonchev–Trinajstić information content (AvgIpc) is 2.44. The van der Waals surface area contributed by atoms with E-state index in [4.69, 9.17) is 4.74 Å². The van der Waals surface area contributed by atoms with Crippen molar-refractivity contribution in [2.45, 2.75) is 78.0 Å². The summed E-state index contributed by atoms with van der Waals surface area (Å²) in [5.74, 6) is 1.02. The number of hydrogen-bond acceptors (Lipinski definition) is 3. The van der Waals surface area contributed by atoms with E-state index in [1.807, 2.05) is 20.8 Å². The van der Waals surface area contributed by atoms with Gasteiger partial charge in [0.15, 0.2) is 0 Å². The zero-order chi connectivity index (χ0) is 18.6. The van der Waals surface area contributed by atoms with Crippen molar-refractivity contribution in [3.05, 3.63) is 35.4 Å². The van der Waals surface area contributed by atoms with Crippen molar-refractivity contribution in [3.8, 4) is 0 Å². The fourth-order valence-electron chi connectivity index (χ4n) is 3.10. The lowest BCUT2D eigenvalue weighted by Gasteiger charge is -2.38. The first kappa shape index (κ1) is 19.8. The summed E-state index contributed by atoms with van der Waals surface area (Å²) in [7, 11) is 0. The molecule has 0 spiro atoms. The van der Waals surface area contributed by atoms with Crippen LogP contribution in [-0.4, -0.2) is 30.3 Å². The molecule has 0 aromatic heterocycles. The molecule has 2 N–H and O–H groups in total. The molecule has 1 amide bonds. The van der Waals surface area contributed by atoms with Gasteiger partial charge in [-0.1, -0.05) is 43.7 Å². The van der Waals surface area contributed by atoms with E-state index in [-0.39, 0.29) is 12.1 Å². The number of nitrogens with one attached hydrogen (secondary N) is 2. The van der Waals surface area contributed by atoms with Gasteiger partial charge in [0.05, 0.1) is 0 Å². The summed E-state index contributed by atoms with van der Waals surface area (Å²) in [5.41, 5.74) is 2.29. The molecule has 0 heterocycles. The third kappa shape index (κ3) is 6.35. The molecule has 1 aromatic carbocycles. The van der Waals surface area contributed by atoms with Gasteiger partial charge in [0.25, 0.3) is 0 Å². The maximum absolute atomic E-state index is 12.0. The lowest BCUT2D eigenvalue weighted by molar-refractivity contribution is 0.0487. The highest BCUT2D eigenvalue weighted by atomic mass is 16.6. The summed E-state index contributed by atoms with van der Waals surface area (Å²) < 4.78 is 5.37. The van der Waals surface area contributed by atoms with Crippen molar-refractivity contribution in [2.75, 3.05) is 6.54 Å². The van der Waals surface area contributed by atoms with E-state index in [9.17, 15) is 4.79 Å². The molecule has 4 nitrogen and oxygen atoms in total. The van der Waals surface area contributed by atoms with Crippen molar-refractivity contribution < 1.29 is 9.53 Å². The molecule has 0 saturated heterocycles. The topological polar surface area (TPSA) is 50.4 Å². The van der Waals surface area contributed by atoms with Crippen molar-refractivity contribution in [1.29, 1.82) is 0 Å². The largest absolute Gasteiger partial charge is 0.444 e. The van der Waals surface area contributed by atoms with Gasteiger partial charge in [-0.25, -0.2) is 4.79 Å². The highest BCUT2D eigenvalue weighted by Gasteiger charge is 2.31. The van der Waals surface area contributed by atoms with Crippen LogP contribution in [0.2, 0.25) is 0 Å². The summed E-state index contributed by atoms with van der Waals surface area (Å²) >= 11 is 0. The molecule has 0 radical (unpaired) electrons. The molecule has 25 heavy (non-hydrogen) atoms. The summed E-state index contributed by atoms with van der Waals surface area (Å²) in [6, 6.07) is 9.49. The first-order valence-electron chi connectivity index (χ1n) is 9.43. The van der Waals surface area contributed by atoms with Crippen LogP contribution in [0.4, 0.5) is 4.79 Å². The van der Waals surface area contributed by atoms with E-state index in [2.05, 4.69) is 55.7 Å². The van der Waals surface area contributed by atoms with Crippen molar-refractivity contribution in [1.82, 2.24) is 10.6 Å². The molecule has 1 fully saturated rings. The monoisotopic (exact) mass is 346 g/mol. The smallest absolute Gasteiger partial charge is 0.407 e. The molecule has 1 aromatic rings. The Morgan fingerprint density at radius 2 is 1.80 bits per heavy atom. The predicted octanol–water partition coefficient (Wildman–Crippen LogP) is 4.38. The maximum Gasteiger partial charge on any atom is 0.407 e. The Morgan fingerprint density at radius 3 is 2.32 bits per heavy atom. The predicted molar refractivity (Wildman–Crippen MR) is 103 cm³/mol. The quantitative estimate of drug-likeness (QED) is 0.804. The van der Waals surface area contributed by atoms with Crippen LogP contribution in [0.15, 0.2) is 24.3 Å². The Hall–Kier alpha value is -1.55. The van der Waals surface area contributed by atoms with E-state index in [0.717, 1.165) is 6.54 Å². The molecule has 2 rings (SSSR count). The number of alkyl carbamates (subject to hydrolysis) is 1. The second-order valence-corrected chi connectivity index (χ2v) is 8.68. The number of hydrogen-bond donors (Lipinski definition) is 2. The van der Waals surface area contributed by atoms with E-state index < -0.39 is 5.60 Å². The molecule has 1 aliphatic carbocycles. The van der Waals surface area contributed by atoms with E-state index in [1.165, 1.54) is 24.0 Å². The second kappa shape index (κ2) is 8.22. The van der Waals surface area contributed by atoms with Crippen molar-refractivity contribution >= 4 is 6.09 Å². The number of carbonyl (C=O) groups is 1. The molecule has 0 aliphatic heterocycles. The lowest BCUT2D eigenvalue weighted by Crippen LogP contribution is -2.51. The zero-order valence-electron chi connectivity index (χ0n) is 16.6. The highest BCUT2D eigenvalue weighted by molar-refractivity contribution is 5.68. The van der Waals surface area contributed by atoms with E-state index >= 15 is 0 Å². The summed E-state index contributed by atoms with van der Waals surface area (Å²) in [4.78, 5) is 12.0. The Balaban J connectivity index is 1.75. The van der Waals surface area contributed by atoms with Gasteiger partial charge in [-0.15, -0.1) is 0 Å². The average molecular weight is 347 g/mol. The summed E-state index contributed by atoms with van der Waals surface area (Å²) in [5, 5.41) is 6.61. The molecule has 1 atom stereocenters. The van der Waals surface area contributed by atoms with Crippen LogP contribution in [0.1, 0.15) is 64.5 Å². The third-order valence-electron chi connectivity index (χ3n) is 4.82. The first-order valence-corrected chi connectivity index (χ1v) is 9.43. The van der Waals surface area contributed by atoms with Gasteiger partial charge in [0, 0.05) is 18.6 Å². The Kier molecular flexibility index (Phi) is 6.50. The van der Waals surface area contributed by atoms with Gasteiger partial charge in [0.1, 0.15) is 5.60 Å².